The molecule has 0 radical (unpaired) electrons. The summed E-state index contributed by atoms with van der Waals surface area (Å²) in [6.45, 7) is 5.44. The van der Waals surface area contributed by atoms with Gasteiger partial charge in [0.25, 0.3) is 5.91 Å². The lowest BCUT2D eigenvalue weighted by Gasteiger charge is -2.28. The lowest BCUT2D eigenvalue weighted by atomic mass is 9.91. The van der Waals surface area contributed by atoms with Gasteiger partial charge in [0.05, 0.1) is 11.8 Å². The van der Waals surface area contributed by atoms with E-state index in [-0.39, 0.29) is 11.9 Å². The van der Waals surface area contributed by atoms with Gasteiger partial charge in [-0.1, -0.05) is 35.5 Å². The molecule has 2 aliphatic rings. The molecule has 1 aromatic rings. The minimum absolute atomic E-state index is 0.380. The Labute approximate surface area is 135 Å². The van der Waals surface area contributed by atoms with Crippen LogP contribution in [0.4, 0.5) is 4.79 Å². The number of hydrogen-bond acceptors (Lipinski definition) is 5. The van der Waals surface area contributed by atoms with Gasteiger partial charge in [-0.25, -0.2) is 9.69 Å². The van der Waals surface area contributed by atoms with E-state index >= 15 is 0 Å². The molecule has 0 bridgehead atoms. The van der Waals surface area contributed by atoms with E-state index in [2.05, 4.69) is 5.16 Å². The Bertz CT molecular complexity index is 654. The third kappa shape index (κ3) is 2.93. The highest BCUT2D eigenvalue weighted by atomic mass is 16.6. The number of cyclic esters (lactones) is 1. The van der Waals surface area contributed by atoms with Crippen molar-refractivity contribution in [3.63, 3.8) is 0 Å². The van der Waals surface area contributed by atoms with Gasteiger partial charge in [0.15, 0.2) is 0 Å². The topological polar surface area (TPSA) is 68.2 Å². The van der Waals surface area contributed by atoms with Gasteiger partial charge >= 0.3 is 6.09 Å². The molecular formula is C17H20N2O4. The first kappa shape index (κ1) is 15.5. The van der Waals surface area contributed by atoms with Crippen molar-refractivity contribution >= 4 is 17.7 Å². The molecule has 0 aromatic heterocycles. The predicted molar refractivity (Wildman–Crippen MR) is 83.9 cm³/mol. The molecule has 2 aliphatic heterocycles. The zero-order valence-corrected chi connectivity index (χ0v) is 13.5. The van der Waals surface area contributed by atoms with Crippen molar-refractivity contribution in [2.45, 2.75) is 51.4 Å². The number of rotatable bonds is 3. The number of hydrogen-bond donors (Lipinski definition) is 0. The maximum Gasteiger partial charge on any atom is 0.417 e. The van der Waals surface area contributed by atoms with Crippen LogP contribution in [-0.4, -0.2) is 40.4 Å². The fraction of sp³-hybridized carbons (Fsp3) is 0.471. The second-order valence-electron chi connectivity index (χ2n) is 6.51. The molecule has 2 heterocycles. The van der Waals surface area contributed by atoms with Crippen molar-refractivity contribution in [1.29, 1.82) is 0 Å². The highest BCUT2D eigenvalue weighted by Crippen LogP contribution is 2.33. The zero-order valence-electron chi connectivity index (χ0n) is 13.5. The fourth-order valence-electron chi connectivity index (χ4n) is 2.98. The number of nitrogens with zero attached hydrogens (tertiary/aromatic N) is 2. The molecule has 2 amide bonds. The zero-order chi connectivity index (χ0) is 16.6. The Morgan fingerprint density at radius 3 is 2.65 bits per heavy atom. The maximum absolute atomic E-state index is 12.7. The summed E-state index contributed by atoms with van der Waals surface area (Å²) in [4.78, 5) is 31.3. The molecule has 0 aliphatic carbocycles. The van der Waals surface area contributed by atoms with Crippen molar-refractivity contribution in [1.82, 2.24) is 4.90 Å². The van der Waals surface area contributed by atoms with Crippen LogP contribution in [0.3, 0.4) is 0 Å². The highest BCUT2D eigenvalue weighted by molar-refractivity contribution is 5.99. The minimum Gasteiger partial charge on any atom is -0.441 e. The normalized spacial score (nSPS) is 25.8. The van der Waals surface area contributed by atoms with Crippen LogP contribution < -0.4 is 0 Å². The van der Waals surface area contributed by atoms with Crippen LogP contribution in [-0.2, 0) is 20.8 Å². The number of carbonyl (C=O) groups is 2. The molecule has 2 atom stereocenters. The van der Waals surface area contributed by atoms with Gasteiger partial charge in [-0.15, -0.1) is 0 Å². The van der Waals surface area contributed by atoms with E-state index in [0.717, 1.165) is 11.3 Å². The number of carbonyl (C=O) groups excluding carboxylic acids is 2. The molecule has 0 N–H and O–H groups in total. The summed E-state index contributed by atoms with van der Waals surface area (Å²) in [5.74, 6) is -0.387. The molecule has 1 unspecified atom stereocenters. The van der Waals surface area contributed by atoms with Crippen LogP contribution in [0.15, 0.2) is 35.5 Å². The first-order chi connectivity index (χ1) is 10.9. The average Bonchev–Trinajstić information content (AvgIpc) is 3.01. The Morgan fingerprint density at radius 1 is 1.35 bits per heavy atom. The number of amides is 2. The summed E-state index contributed by atoms with van der Waals surface area (Å²) in [5, 5.41) is 3.80. The molecule has 1 saturated heterocycles. The van der Waals surface area contributed by atoms with E-state index in [9.17, 15) is 9.59 Å². The predicted octanol–water partition coefficient (Wildman–Crippen LogP) is 2.52. The fourth-order valence-corrected chi connectivity index (χ4v) is 2.98. The molecular weight excluding hydrogens is 296 g/mol. The molecule has 0 saturated carbocycles. The quantitative estimate of drug-likeness (QED) is 0.859. The largest absolute Gasteiger partial charge is 0.441 e. The Hall–Kier alpha value is -2.37. The molecule has 3 rings (SSSR count). The maximum atomic E-state index is 12.7. The standard InChI is InChI=1S/C17H20N2O4/c1-11-9-13(23-18-11)15(20)19-14(17(2,3)22-16(19)21)10-12-7-5-4-6-8-12/h4-8,13-14H,9-10H2,1-3H3/t13?,14-/m0/s1. The smallest absolute Gasteiger partial charge is 0.417 e. The second-order valence-corrected chi connectivity index (χ2v) is 6.51. The third-order valence-corrected chi connectivity index (χ3v) is 4.26. The van der Waals surface area contributed by atoms with Gasteiger partial charge in [0.1, 0.15) is 5.60 Å². The summed E-state index contributed by atoms with van der Waals surface area (Å²) in [7, 11) is 0. The van der Waals surface area contributed by atoms with Gasteiger partial charge in [-0.3, -0.25) is 4.79 Å². The second kappa shape index (κ2) is 5.68. The van der Waals surface area contributed by atoms with Gasteiger partial charge in [0, 0.05) is 6.42 Å². The third-order valence-electron chi connectivity index (χ3n) is 4.26. The van der Waals surface area contributed by atoms with E-state index in [1.165, 1.54) is 4.90 Å². The van der Waals surface area contributed by atoms with Gasteiger partial charge < -0.3 is 9.57 Å². The van der Waals surface area contributed by atoms with Crippen LogP contribution in [0.1, 0.15) is 32.8 Å². The van der Waals surface area contributed by atoms with Crippen LogP contribution in [0.2, 0.25) is 0 Å². The summed E-state index contributed by atoms with van der Waals surface area (Å²) < 4.78 is 5.43. The van der Waals surface area contributed by atoms with E-state index in [0.29, 0.717) is 12.8 Å². The first-order valence-electron chi connectivity index (χ1n) is 7.68. The van der Waals surface area contributed by atoms with Crippen LogP contribution in [0.5, 0.6) is 0 Å². The van der Waals surface area contributed by atoms with Crippen molar-refractivity contribution < 1.29 is 19.2 Å². The van der Waals surface area contributed by atoms with Crippen LogP contribution in [0.25, 0.3) is 0 Å². The Balaban J connectivity index is 1.84. The Morgan fingerprint density at radius 2 is 2.04 bits per heavy atom. The lowest BCUT2D eigenvalue weighted by Crippen LogP contribution is -2.49. The monoisotopic (exact) mass is 316 g/mol. The van der Waals surface area contributed by atoms with E-state index in [1.54, 1.807) is 6.92 Å². The van der Waals surface area contributed by atoms with Crippen molar-refractivity contribution in [3.8, 4) is 0 Å². The average molecular weight is 316 g/mol. The first-order valence-corrected chi connectivity index (χ1v) is 7.68. The molecule has 23 heavy (non-hydrogen) atoms. The number of benzene rings is 1. The van der Waals surface area contributed by atoms with E-state index in [1.807, 2.05) is 44.2 Å². The van der Waals surface area contributed by atoms with Crippen molar-refractivity contribution in [2.75, 3.05) is 0 Å². The SMILES string of the molecule is CC1=NOC(C(=O)N2C(=O)OC(C)(C)[C@@H]2Cc2ccccc2)C1. The molecule has 122 valence electrons. The summed E-state index contributed by atoms with van der Waals surface area (Å²) in [6, 6.07) is 9.36. The van der Waals surface area contributed by atoms with Gasteiger partial charge in [-0.05, 0) is 32.8 Å². The molecule has 0 spiro atoms. The van der Waals surface area contributed by atoms with Crippen LogP contribution >= 0.6 is 0 Å². The number of ether oxygens (including phenoxy) is 1. The summed E-state index contributed by atoms with van der Waals surface area (Å²) >= 11 is 0. The van der Waals surface area contributed by atoms with Crippen LogP contribution in [0, 0.1) is 0 Å². The molecule has 1 aromatic carbocycles. The molecule has 6 nitrogen and oxygen atoms in total. The van der Waals surface area contributed by atoms with Crippen molar-refractivity contribution in [3.05, 3.63) is 35.9 Å². The minimum atomic E-state index is -0.753. The summed E-state index contributed by atoms with van der Waals surface area (Å²) in [6.07, 6.45) is -0.414. The van der Waals surface area contributed by atoms with E-state index in [4.69, 9.17) is 9.57 Å². The molecule has 1 fully saturated rings. The highest BCUT2D eigenvalue weighted by Gasteiger charge is 2.52. The lowest BCUT2D eigenvalue weighted by molar-refractivity contribution is -0.140. The number of imide groups is 1. The Kier molecular flexibility index (Phi) is 3.83. The number of oxime groups is 1. The van der Waals surface area contributed by atoms with Gasteiger partial charge in [-0.2, -0.15) is 0 Å². The van der Waals surface area contributed by atoms with E-state index < -0.39 is 17.8 Å². The van der Waals surface area contributed by atoms with Crippen molar-refractivity contribution in [2.24, 2.45) is 5.16 Å². The molecule has 6 heteroatoms. The summed E-state index contributed by atoms with van der Waals surface area (Å²) in [5.41, 5.74) is 1.04. The van der Waals surface area contributed by atoms with Gasteiger partial charge in [0.2, 0.25) is 6.10 Å².